The number of benzene rings is 1. The standard InChI is InChI=1S/C16H22N2O2S/c1-5-20-14(19)16(3)11(2)17-15(21)18(4)13(16)12-9-7-6-8-10-12/h6-11,13H,5H2,1-4H3,(H,17,21). The molecule has 1 aliphatic rings. The molecule has 21 heavy (non-hydrogen) atoms. The van der Waals surface area contributed by atoms with Crippen molar-refractivity contribution in [3.8, 4) is 0 Å². The fraction of sp³-hybridized carbons (Fsp3) is 0.500. The zero-order valence-electron chi connectivity index (χ0n) is 12.9. The first kappa shape index (κ1) is 15.8. The zero-order chi connectivity index (χ0) is 15.6. The normalized spacial score (nSPS) is 29.0. The molecule has 1 aromatic carbocycles. The molecule has 3 unspecified atom stereocenters. The molecule has 3 atom stereocenters. The summed E-state index contributed by atoms with van der Waals surface area (Å²) in [4.78, 5) is 14.6. The highest BCUT2D eigenvalue weighted by molar-refractivity contribution is 7.80. The minimum atomic E-state index is -0.714. The van der Waals surface area contributed by atoms with Crippen molar-refractivity contribution in [1.82, 2.24) is 10.2 Å². The summed E-state index contributed by atoms with van der Waals surface area (Å²) in [5, 5.41) is 3.87. The van der Waals surface area contributed by atoms with E-state index in [0.717, 1.165) is 5.56 Å². The minimum Gasteiger partial charge on any atom is -0.465 e. The summed E-state index contributed by atoms with van der Waals surface area (Å²) in [6, 6.07) is 9.72. The summed E-state index contributed by atoms with van der Waals surface area (Å²) in [6.45, 7) is 6.12. The summed E-state index contributed by atoms with van der Waals surface area (Å²) in [5.41, 5.74) is 0.347. The van der Waals surface area contributed by atoms with Crippen LogP contribution in [0.4, 0.5) is 0 Å². The van der Waals surface area contributed by atoms with Gasteiger partial charge in [0.25, 0.3) is 0 Å². The summed E-state index contributed by atoms with van der Waals surface area (Å²) >= 11 is 5.40. The lowest BCUT2D eigenvalue weighted by Crippen LogP contribution is -2.63. The lowest BCUT2D eigenvalue weighted by Gasteiger charge is -2.50. The van der Waals surface area contributed by atoms with Crippen LogP contribution >= 0.6 is 12.2 Å². The highest BCUT2D eigenvalue weighted by Crippen LogP contribution is 2.44. The molecule has 1 aromatic rings. The van der Waals surface area contributed by atoms with E-state index in [-0.39, 0.29) is 18.1 Å². The van der Waals surface area contributed by atoms with Gasteiger partial charge in [-0.05, 0) is 38.6 Å². The molecule has 0 aliphatic carbocycles. The van der Waals surface area contributed by atoms with Gasteiger partial charge in [-0.3, -0.25) is 4.79 Å². The van der Waals surface area contributed by atoms with E-state index in [1.54, 1.807) is 0 Å². The van der Waals surface area contributed by atoms with Crippen molar-refractivity contribution in [1.29, 1.82) is 0 Å². The number of ether oxygens (including phenoxy) is 1. The fourth-order valence-electron chi connectivity index (χ4n) is 2.97. The third-order valence-corrected chi connectivity index (χ3v) is 4.75. The number of carbonyl (C=O) groups is 1. The third-order valence-electron chi connectivity index (χ3n) is 4.35. The summed E-state index contributed by atoms with van der Waals surface area (Å²) in [6.07, 6.45) is 0. The Bertz CT molecular complexity index is 534. The van der Waals surface area contributed by atoms with Crippen molar-refractivity contribution < 1.29 is 9.53 Å². The van der Waals surface area contributed by atoms with E-state index in [4.69, 9.17) is 17.0 Å². The second kappa shape index (κ2) is 6.02. The van der Waals surface area contributed by atoms with Crippen molar-refractivity contribution in [3.05, 3.63) is 35.9 Å². The fourth-order valence-corrected chi connectivity index (χ4v) is 3.26. The lowest BCUT2D eigenvalue weighted by atomic mass is 9.71. The number of nitrogens with zero attached hydrogens (tertiary/aromatic N) is 1. The third kappa shape index (κ3) is 2.62. The molecular formula is C16H22N2O2S. The topological polar surface area (TPSA) is 41.6 Å². The predicted molar refractivity (Wildman–Crippen MR) is 86.9 cm³/mol. The Hall–Kier alpha value is -1.62. The molecule has 2 rings (SSSR count). The number of hydrogen-bond donors (Lipinski definition) is 1. The van der Waals surface area contributed by atoms with Crippen molar-refractivity contribution in [2.75, 3.05) is 13.7 Å². The predicted octanol–water partition coefficient (Wildman–Crippen LogP) is 2.51. The molecule has 0 amide bonds. The van der Waals surface area contributed by atoms with Crippen LogP contribution in [0, 0.1) is 5.41 Å². The second-order valence-electron chi connectivity index (χ2n) is 5.60. The molecule has 0 radical (unpaired) electrons. The summed E-state index contributed by atoms with van der Waals surface area (Å²) < 4.78 is 5.34. The first-order chi connectivity index (χ1) is 9.92. The van der Waals surface area contributed by atoms with Gasteiger partial charge in [0, 0.05) is 13.1 Å². The van der Waals surface area contributed by atoms with E-state index >= 15 is 0 Å². The maximum absolute atomic E-state index is 12.6. The van der Waals surface area contributed by atoms with Crippen LogP contribution in [0.2, 0.25) is 0 Å². The van der Waals surface area contributed by atoms with Crippen molar-refractivity contribution in [3.63, 3.8) is 0 Å². The second-order valence-corrected chi connectivity index (χ2v) is 5.99. The van der Waals surface area contributed by atoms with Crippen LogP contribution in [0.15, 0.2) is 30.3 Å². The number of carbonyl (C=O) groups excluding carboxylic acids is 1. The van der Waals surface area contributed by atoms with Crippen LogP contribution in [-0.2, 0) is 9.53 Å². The largest absolute Gasteiger partial charge is 0.465 e. The van der Waals surface area contributed by atoms with Crippen molar-refractivity contribution in [2.45, 2.75) is 32.9 Å². The van der Waals surface area contributed by atoms with Gasteiger partial charge in [0.15, 0.2) is 5.11 Å². The first-order valence-electron chi connectivity index (χ1n) is 7.18. The highest BCUT2D eigenvalue weighted by Gasteiger charge is 2.53. The van der Waals surface area contributed by atoms with E-state index in [1.165, 1.54) is 0 Å². The van der Waals surface area contributed by atoms with Gasteiger partial charge in [-0.15, -0.1) is 0 Å². The van der Waals surface area contributed by atoms with Gasteiger partial charge < -0.3 is 15.0 Å². The van der Waals surface area contributed by atoms with E-state index in [2.05, 4.69) is 5.32 Å². The maximum atomic E-state index is 12.6. The SMILES string of the molecule is CCOC(=O)C1(C)C(C)NC(=S)N(C)C1c1ccccc1. The summed E-state index contributed by atoms with van der Waals surface area (Å²) in [5.74, 6) is -0.201. The number of rotatable bonds is 3. The number of hydrogen-bond acceptors (Lipinski definition) is 3. The van der Waals surface area contributed by atoms with Gasteiger partial charge in [-0.2, -0.15) is 0 Å². The maximum Gasteiger partial charge on any atom is 0.316 e. The Morgan fingerprint density at radius 1 is 1.43 bits per heavy atom. The molecular weight excluding hydrogens is 284 g/mol. The smallest absolute Gasteiger partial charge is 0.316 e. The Morgan fingerprint density at radius 3 is 2.62 bits per heavy atom. The van der Waals surface area contributed by atoms with Crippen LogP contribution in [0.5, 0.6) is 0 Å². The van der Waals surface area contributed by atoms with Gasteiger partial charge in [0.05, 0.1) is 12.6 Å². The monoisotopic (exact) mass is 306 g/mol. The van der Waals surface area contributed by atoms with E-state index < -0.39 is 5.41 Å². The molecule has 4 nitrogen and oxygen atoms in total. The van der Waals surface area contributed by atoms with Gasteiger partial charge >= 0.3 is 5.97 Å². The molecule has 1 saturated heterocycles. The van der Waals surface area contributed by atoms with Gasteiger partial charge in [-0.1, -0.05) is 30.3 Å². The van der Waals surface area contributed by atoms with Crippen molar-refractivity contribution in [2.24, 2.45) is 5.41 Å². The Kier molecular flexibility index (Phi) is 4.52. The number of esters is 1. The molecule has 5 heteroatoms. The van der Waals surface area contributed by atoms with Crippen molar-refractivity contribution >= 4 is 23.3 Å². The molecule has 1 fully saturated rings. The zero-order valence-corrected chi connectivity index (χ0v) is 13.7. The molecule has 0 bridgehead atoms. The average molecular weight is 306 g/mol. The first-order valence-corrected chi connectivity index (χ1v) is 7.59. The van der Waals surface area contributed by atoms with Gasteiger partial charge in [-0.25, -0.2) is 0 Å². The minimum absolute atomic E-state index is 0.106. The Morgan fingerprint density at radius 2 is 2.05 bits per heavy atom. The quantitative estimate of drug-likeness (QED) is 0.686. The Balaban J connectivity index is 2.51. The van der Waals surface area contributed by atoms with Crippen LogP contribution in [0.3, 0.4) is 0 Å². The van der Waals surface area contributed by atoms with Crippen LogP contribution in [0.1, 0.15) is 32.4 Å². The van der Waals surface area contributed by atoms with E-state index in [0.29, 0.717) is 11.7 Å². The van der Waals surface area contributed by atoms with Gasteiger partial charge in [0.1, 0.15) is 5.41 Å². The molecule has 1 heterocycles. The Labute approximate surface area is 131 Å². The molecule has 0 saturated carbocycles. The van der Waals surface area contributed by atoms with Crippen LogP contribution in [0.25, 0.3) is 0 Å². The number of thiocarbonyl (C=S) groups is 1. The molecule has 0 aromatic heterocycles. The molecule has 1 N–H and O–H groups in total. The van der Waals surface area contributed by atoms with E-state index in [9.17, 15) is 4.79 Å². The molecule has 114 valence electrons. The van der Waals surface area contributed by atoms with E-state index in [1.807, 2.05) is 63.1 Å². The van der Waals surface area contributed by atoms with Gasteiger partial charge in [0.2, 0.25) is 0 Å². The van der Waals surface area contributed by atoms with Crippen LogP contribution < -0.4 is 5.32 Å². The lowest BCUT2D eigenvalue weighted by molar-refractivity contribution is -0.161. The highest BCUT2D eigenvalue weighted by atomic mass is 32.1. The summed E-state index contributed by atoms with van der Waals surface area (Å²) in [7, 11) is 1.91. The molecule has 0 spiro atoms. The molecule has 1 aliphatic heterocycles. The average Bonchev–Trinajstić information content (AvgIpc) is 2.47. The number of nitrogens with one attached hydrogen (secondary N) is 1. The van der Waals surface area contributed by atoms with Crippen LogP contribution in [-0.4, -0.2) is 35.7 Å².